The average molecular weight is 339 g/mol. The van der Waals surface area contributed by atoms with Crippen molar-refractivity contribution < 1.29 is 22.6 Å². The highest BCUT2D eigenvalue weighted by Gasteiger charge is 2.36. The number of benzene rings is 1. The Morgan fingerprint density at radius 3 is 2.29 bits per heavy atom. The van der Waals surface area contributed by atoms with Crippen LogP contribution in [0.5, 0.6) is 0 Å². The first-order chi connectivity index (χ1) is 9.90. The van der Waals surface area contributed by atoms with E-state index in [0.717, 1.165) is 6.08 Å². The number of ether oxygens (including phenoxy) is 2. The van der Waals surface area contributed by atoms with E-state index in [4.69, 9.17) is 21.1 Å². The third-order valence-corrected chi connectivity index (χ3v) is 4.18. The minimum absolute atomic E-state index is 0.0334. The minimum atomic E-state index is -4.49. The van der Waals surface area contributed by atoms with Crippen LogP contribution in [-0.4, -0.2) is 37.2 Å². The van der Waals surface area contributed by atoms with Crippen molar-refractivity contribution in [3.05, 3.63) is 40.9 Å². The monoisotopic (exact) mass is 338 g/mol. The zero-order valence-corrected chi connectivity index (χ0v) is 12.8. The Morgan fingerprint density at radius 1 is 1.24 bits per heavy atom. The molecule has 0 aliphatic carbocycles. The highest BCUT2D eigenvalue weighted by atomic mass is 35.5. The maximum Gasteiger partial charge on any atom is 0.416 e. The molecule has 0 bridgehead atoms. The summed E-state index contributed by atoms with van der Waals surface area (Å²) in [6.07, 6.45) is -2.60. The number of thioether (sulfide) groups is 1. The molecule has 0 unspecified atom stereocenters. The molecule has 0 atom stereocenters. The molecule has 116 valence electrons. The molecule has 7 heteroatoms. The molecule has 1 aromatic carbocycles. The minimum Gasteiger partial charge on any atom is -0.348 e. The summed E-state index contributed by atoms with van der Waals surface area (Å²) in [6, 6.07) is 5.50. The molecule has 21 heavy (non-hydrogen) atoms. The molecule has 2 rings (SSSR count). The molecule has 1 saturated heterocycles. The Bertz CT molecular complexity index is 494. The number of allylic oxidation sites excluding steroid dienone is 1. The van der Waals surface area contributed by atoms with Gasteiger partial charge in [0.25, 0.3) is 0 Å². The quantitative estimate of drug-likeness (QED) is 0.814. The van der Waals surface area contributed by atoms with Gasteiger partial charge in [0.2, 0.25) is 0 Å². The van der Waals surface area contributed by atoms with Crippen LogP contribution in [0, 0.1) is 0 Å². The van der Waals surface area contributed by atoms with Gasteiger partial charge in [0, 0.05) is 5.02 Å². The van der Waals surface area contributed by atoms with Crippen LogP contribution < -0.4 is 0 Å². The molecule has 0 N–H and O–H groups in total. The highest BCUT2D eigenvalue weighted by Crippen LogP contribution is 2.35. The van der Waals surface area contributed by atoms with Crippen LogP contribution >= 0.6 is 23.4 Å². The van der Waals surface area contributed by atoms with Crippen LogP contribution in [0.3, 0.4) is 0 Å². The predicted octanol–water partition coefficient (Wildman–Crippen LogP) is 4.39. The van der Waals surface area contributed by atoms with Crippen molar-refractivity contribution in [3.8, 4) is 0 Å². The van der Waals surface area contributed by atoms with Crippen molar-refractivity contribution in [1.82, 2.24) is 0 Å². The fourth-order valence-corrected chi connectivity index (χ4v) is 2.41. The molecule has 2 nitrogen and oxygen atoms in total. The van der Waals surface area contributed by atoms with E-state index in [1.54, 1.807) is 11.8 Å². The van der Waals surface area contributed by atoms with E-state index in [2.05, 4.69) is 0 Å². The average Bonchev–Trinajstić information content (AvgIpc) is 2.45. The van der Waals surface area contributed by atoms with Crippen molar-refractivity contribution in [2.24, 2.45) is 0 Å². The molecule has 1 fully saturated rings. The SMILES string of the molecule is CSC1COC(C=C(c2ccc(Cl)cc2)C(F)(F)F)OC1. The van der Waals surface area contributed by atoms with E-state index in [9.17, 15) is 13.2 Å². The van der Waals surface area contributed by atoms with E-state index < -0.39 is 18.0 Å². The van der Waals surface area contributed by atoms with E-state index >= 15 is 0 Å². The number of hydrogen-bond donors (Lipinski definition) is 0. The molecule has 0 radical (unpaired) electrons. The van der Waals surface area contributed by atoms with Gasteiger partial charge in [-0.05, 0) is 30.0 Å². The lowest BCUT2D eigenvalue weighted by atomic mass is 10.1. The summed E-state index contributed by atoms with van der Waals surface area (Å²) in [5.41, 5.74) is -0.752. The maximum absolute atomic E-state index is 13.2. The molecule has 1 aliphatic rings. The summed E-state index contributed by atoms with van der Waals surface area (Å²) in [6.45, 7) is 0.738. The second kappa shape index (κ2) is 7.05. The second-order valence-electron chi connectivity index (χ2n) is 4.48. The molecule has 1 heterocycles. The van der Waals surface area contributed by atoms with Gasteiger partial charge in [0.1, 0.15) is 0 Å². The summed E-state index contributed by atoms with van der Waals surface area (Å²) in [5, 5.41) is 0.535. The standard InChI is InChI=1S/C14H14ClF3O2S/c1-21-11-7-19-13(20-8-11)6-12(14(16,17)18)9-2-4-10(15)5-3-9/h2-6,11,13H,7-8H2,1H3. The Labute approximate surface area is 130 Å². The van der Waals surface area contributed by atoms with Gasteiger partial charge in [-0.25, -0.2) is 0 Å². The van der Waals surface area contributed by atoms with Crippen molar-refractivity contribution in [3.63, 3.8) is 0 Å². The normalized spacial score (nSPS) is 24.1. The zero-order valence-electron chi connectivity index (χ0n) is 11.2. The number of halogens is 4. The Morgan fingerprint density at radius 2 is 1.81 bits per heavy atom. The number of rotatable bonds is 3. The first-order valence-electron chi connectivity index (χ1n) is 6.21. The van der Waals surface area contributed by atoms with Crippen LogP contribution in [0.15, 0.2) is 30.3 Å². The second-order valence-corrected chi connectivity index (χ2v) is 6.05. The summed E-state index contributed by atoms with van der Waals surface area (Å²) in [5.74, 6) is 0. The Hall–Kier alpha value is -0.690. The number of hydrogen-bond acceptors (Lipinski definition) is 3. The third kappa shape index (κ3) is 4.64. The van der Waals surface area contributed by atoms with Crippen molar-refractivity contribution >= 4 is 28.9 Å². The van der Waals surface area contributed by atoms with Gasteiger partial charge in [-0.15, -0.1) is 0 Å². The van der Waals surface area contributed by atoms with Crippen molar-refractivity contribution in [2.45, 2.75) is 17.7 Å². The Balaban J connectivity index is 2.21. The molecule has 1 aliphatic heterocycles. The van der Waals surface area contributed by atoms with E-state index in [-0.39, 0.29) is 10.8 Å². The van der Waals surface area contributed by atoms with Crippen LogP contribution in [0.2, 0.25) is 5.02 Å². The van der Waals surface area contributed by atoms with Gasteiger partial charge in [0.15, 0.2) is 6.29 Å². The summed E-state index contributed by atoms with van der Waals surface area (Å²) in [7, 11) is 0. The van der Waals surface area contributed by atoms with Crippen LogP contribution in [-0.2, 0) is 9.47 Å². The lowest BCUT2D eigenvalue weighted by Gasteiger charge is -2.27. The molecular formula is C14H14ClF3O2S. The van der Waals surface area contributed by atoms with Crippen LogP contribution in [0.4, 0.5) is 13.2 Å². The molecule has 0 aromatic heterocycles. The largest absolute Gasteiger partial charge is 0.416 e. The lowest BCUT2D eigenvalue weighted by Crippen LogP contribution is -2.33. The summed E-state index contributed by atoms with van der Waals surface area (Å²) >= 11 is 7.26. The van der Waals surface area contributed by atoms with Gasteiger partial charge in [-0.3, -0.25) is 0 Å². The third-order valence-electron chi connectivity index (χ3n) is 2.99. The van der Waals surface area contributed by atoms with E-state index in [1.807, 2.05) is 6.26 Å². The maximum atomic E-state index is 13.2. The zero-order chi connectivity index (χ0) is 15.5. The van der Waals surface area contributed by atoms with Gasteiger partial charge in [-0.1, -0.05) is 23.7 Å². The fraction of sp³-hybridized carbons (Fsp3) is 0.429. The topological polar surface area (TPSA) is 18.5 Å². The van der Waals surface area contributed by atoms with E-state index in [0.29, 0.717) is 18.2 Å². The molecular weight excluding hydrogens is 325 g/mol. The number of alkyl halides is 3. The smallest absolute Gasteiger partial charge is 0.348 e. The first-order valence-corrected chi connectivity index (χ1v) is 7.87. The van der Waals surface area contributed by atoms with E-state index in [1.165, 1.54) is 24.3 Å². The van der Waals surface area contributed by atoms with Crippen molar-refractivity contribution in [1.29, 1.82) is 0 Å². The molecule has 1 aromatic rings. The summed E-state index contributed by atoms with van der Waals surface area (Å²) in [4.78, 5) is 0. The van der Waals surface area contributed by atoms with Gasteiger partial charge >= 0.3 is 6.18 Å². The summed E-state index contributed by atoms with van der Waals surface area (Å²) < 4.78 is 50.2. The molecule has 0 amide bonds. The predicted molar refractivity (Wildman–Crippen MR) is 78.5 cm³/mol. The lowest BCUT2D eigenvalue weighted by molar-refractivity contribution is -0.147. The van der Waals surface area contributed by atoms with Crippen LogP contribution in [0.25, 0.3) is 5.57 Å². The van der Waals surface area contributed by atoms with Gasteiger partial charge in [0.05, 0.1) is 24.0 Å². The Kier molecular flexibility index (Phi) is 5.60. The van der Waals surface area contributed by atoms with Crippen molar-refractivity contribution in [2.75, 3.05) is 19.5 Å². The molecule has 0 spiro atoms. The highest BCUT2D eigenvalue weighted by molar-refractivity contribution is 7.99. The molecule has 0 saturated carbocycles. The van der Waals surface area contributed by atoms with Crippen LogP contribution in [0.1, 0.15) is 5.56 Å². The first kappa shape index (κ1) is 16.7. The fourth-order valence-electron chi connectivity index (χ4n) is 1.85. The van der Waals surface area contributed by atoms with Gasteiger partial charge in [-0.2, -0.15) is 24.9 Å². The van der Waals surface area contributed by atoms with Gasteiger partial charge < -0.3 is 9.47 Å².